The summed E-state index contributed by atoms with van der Waals surface area (Å²) in [6, 6.07) is 2.69. The van der Waals surface area contributed by atoms with Crippen molar-refractivity contribution in [2.45, 2.75) is 37.2 Å². The summed E-state index contributed by atoms with van der Waals surface area (Å²) in [5.41, 5.74) is -1.01. The van der Waals surface area contributed by atoms with Gasteiger partial charge in [-0.3, -0.25) is 4.99 Å². The molecule has 27 heavy (non-hydrogen) atoms. The third-order valence-corrected chi connectivity index (χ3v) is 5.93. The molecule has 152 valence electrons. The Labute approximate surface area is 161 Å². The number of nitrogens with one attached hydrogen (secondary N) is 2. The average molecular weight is 407 g/mol. The lowest BCUT2D eigenvalue weighted by molar-refractivity contribution is -0.138. The van der Waals surface area contributed by atoms with Crippen LogP contribution in [0, 0.1) is 5.82 Å². The van der Waals surface area contributed by atoms with Gasteiger partial charge in [0, 0.05) is 38.1 Å². The highest BCUT2D eigenvalue weighted by Crippen LogP contribution is 2.35. The topological polar surface area (TPSA) is 45.7 Å². The van der Waals surface area contributed by atoms with Crippen LogP contribution >= 0.6 is 11.8 Å². The number of halogens is 4. The molecule has 1 aromatic rings. The number of thioether (sulfide) groups is 1. The first kappa shape index (κ1) is 21.8. The van der Waals surface area contributed by atoms with Crippen molar-refractivity contribution in [3.8, 4) is 0 Å². The molecule has 0 unspecified atom stereocenters. The molecule has 0 radical (unpaired) electrons. The van der Waals surface area contributed by atoms with Crippen molar-refractivity contribution in [3.63, 3.8) is 0 Å². The first-order valence-electron chi connectivity index (χ1n) is 8.81. The number of aliphatic imine (C=N–C) groups is 1. The Bertz CT molecular complexity index is 640. The maximum absolute atomic E-state index is 13.2. The molecule has 0 spiro atoms. The zero-order valence-electron chi connectivity index (χ0n) is 15.5. The maximum Gasteiger partial charge on any atom is 0.416 e. The third kappa shape index (κ3) is 6.27. The summed E-state index contributed by atoms with van der Waals surface area (Å²) < 4.78 is 58.0. The smallest absolute Gasteiger partial charge is 0.381 e. The Balaban J connectivity index is 2.00. The molecule has 1 heterocycles. The Hall–Kier alpha value is -1.48. The summed E-state index contributed by atoms with van der Waals surface area (Å²) in [7, 11) is 1.56. The lowest BCUT2D eigenvalue weighted by Crippen LogP contribution is -2.48. The van der Waals surface area contributed by atoms with Gasteiger partial charge in [-0.05, 0) is 36.3 Å². The van der Waals surface area contributed by atoms with Gasteiger partial charge in [-0.2, -0.15) is 24.9 Å². The minimum atomic E-state index is -4.61. The lowest BCUT2D eigenvalue weighted by Gasteiger charge is -2.37. The van der Waals surface area contributed by atoms with Crippen LogP contribution in [-0.2, 0) is 17.5 Å². The van der Waals surface area contributed by atoms with Gasteiger partial charge in [0.15, 0.2) is 5.96 Å². The zero-order valence-corrected chi connectivity index (χ0v) is 16.3. The summed E-state index contributed by atoms with van der Waals surface area (Å²) in [5, 5.41) is 6.10. The van der Waals surface area contributed by atoms with Crippen LogP contribution in [0.5, 0.6) is 0 Å². The van der Waals surface area contributed by atoms with E-state index in [0.717, 1.165) is 30.7 Å². The molecule has 9 heteroatoms. The van der Waals surface area contributed by atoms with Crippen LogP contribution in [-0.4, -0.2) is 43.3 Å². The first-order chi connectivity index (χ1) is 12.8. The third-order valence-electron chi connectivity index (χ3n) is 4.48. The van der Waals surface area contributed by atoms with Crippen molar-refractivity contribution in [1.29, 1.82) is 0 Å². The number of hydrogen-bond donors (Lipinski definition) is 2. The number of nitrogens with zero attached hydrogens (tertiary/aromatic N) is 1. The van der Waals surface area contributed by atoms with E-state index in [9.17, 15) is 17.6 Å². The summed E-state index contributed by atoms with van der Waals surface area (Å²) >= 11 is 1.86. The number of hydrogen-bond acceptors (Lipinski definition) is 3. The fraction of sp³-hybridized carbons (Fsp3) is 0.611. The highest BCUT2D eigenvalue weighted by Gasteiger charge is 2.34. The molecule has 4 nitrogen and oxygen atoms in total. The normalized spacial score (nSPS) is 17.6. The maximum atomic E-state index is 13.2. The van der Waals surface area contributed by atoms with Crippen LogP contribution in [0.1, 0.15) is 30.9 Å². The molecule has 1 aliphatic heterocycles. The second-order valence-electron chi connectivity index (χ2n) is 6.31. The SMILES string of the molecule is CCSC1(CNC(=NC)NCc2ccc(F)cc2C(F)(F)F)CCOCC1. The average Bonchev–Trinajstić information content (AvgIpc) is 2.63. The number of guanidine groups is 1. The van der Waals surface area contributed by atoms with Crippen LogP contribution in [0.15, 0.2) is 23.2 Å². The lowest BCUT2D eigenvalue weighted by atomic mass is 9.99. The minimum Gasteiger partial charge on any atom is -0.381 e. The molecule has 1 saturated heterocycles. The largest absolute Gasteiger partial charge is 0.416 e. The Morgan fingerprint density at radius 2 is 1.96 bits per heavy atom. The van der Waals surface area contributed by atoms with Gasteiger partial charge in [0.05, 0.1) is 5.56 Å². The van der Waals surface area contributed by atoms with Gasteiger partial charge in [-0.25, -0.2) is 4.39 Å². The summed E-state index contributed by atoms with van der Waals surface area (Å²) in [6.07, 6.45) is -2.79. The highest BCUT2D eigenvalue weighted by atomic mass is 32.2. The van der Waals surface area contributed by atoms with E-state index in [-0.39, 0.29) is 16.9 Å². The Morgan fingerprint density at radius 1 is 1.26 bits per heavy atom. The van der Waals surface area contributed by atoms with Gasteiger partial charge >= 0.3 is 6.18 Å². The molecule has 0 aliphatic carbocycles. The first-order valence-corrected chi connectivity index (χ1v) is 9.80. The molecule has 2 N–H and O–H groups in total. The van der Waals surface area contributed by atoms with Crippen LogP contribution in [0.3, 0.4) is 0 Å². The van der Waals surface area contributed by atoms with E-state index in [1.807, 2.05) is 11.8 Å². The molecule has 1 fully saturated rings. The van der Waals surface area contributed by atoms with Gasteiger partial charge in [0.2, 0.25) is 0 Å². The molecular weight excluding hydrogens is 382 g/mol. The molecule has 2 rings (SSSR count). The predicted molar refractivity (Wildman–Crippen MR) is 101 cm³/mol. The fourth-order valence-electron chi connectivity index (χ4n) is 3.03. The molecule has 0 aromatic heterocycles. The number of ether oxygens (including phenoxy) is 1. The van der Waals surface area contributed by atoms with Crippen molar-refractivity contribution >= 4 is 17.7 Å². The number of alkyl halides is 3. The summed E-state index contributed by atoms with van der Waals surface area (Å²) in [5.74, 6) is 0.472. The Morgan fingerprint density at radius 3 is 2.56 bits per heavy atom. The van der Waals surface area contributed by atoms with Gasteiger partial charge in [0.25, 0.3) is 0 Å². The molecular formula is C18H25F4N3OS. The van der Waals surface area contributed by atoms with Crippen LogP contribution in [0.25, 0.3) is 0 Å². The molecule has 0 amide bonds. The molecule has 1 aliphatic rings. The molecule has 0 saturated carbocycles. The highest BCUT2D eigenvalue weighted by molar-refractivity contribution is 8.00. The zero-order chi connectivity index (χ0) is 19.9. The van der Waals surface area contributed by atoms with E-state index in [2.05, 4.69) is 22.5 Å². The summed E-state index contributed by atoms with van der Waals surface area (Å²) in [4.78, 5) is 4.09. The minimum absolute atomic E-state index is 0.0254. The van der Waals surface area contributed by atoms with Crippen molar-refractivity contribution in [2.24, 2.45) is 4.99 Å². The van der Waals surface area contributed by atoms with Gasteiger partial charge < -0.3 is 15.4 Å². The van der Waals surface area contributed by atoms with E-state index in [0.29, 0.717) is 31.8 Å². The fourth-order valence-corrected chi connectivity index (χ4v) is 4.27. The summed E-state index contributed by atoms with van der Waals surface area (Å²) in [6.45, 7) is 4.04. The Kier molecular flexibility index (Phi) is 7.79. The van der Waals surface area contributed by atoms with E-state index >= 15 is 0 Å². The van der Waals surface area contributed by atoms with Crippen LogP contribution < -0.4 is 10.6 Å². The van der Waals surface area contributed by atoms with Crippen molar-refractivity contribution in [2.75, 3.05) is 32.6 Å². The van der Waals surface area contributed by atoms with Gasteiger partial charge in [-0.15, -0.1) is 0 Å². The molecule has 0 bridgehead atoms. The second kappa shape index (κ2) is 9.64. The van der Waals surface area contributed by atoms with Gasteiger partial charge in [-0.1, -0.05) is 13.0 Å². The van der Waals surface area contributed by atoms with E-state index < -0.39 is 17.6 Å². The quantitative estimate of drug-likeness (QED) is 0.428. The van der Waals surface area contributed by atoms with Crippen molar-refractivity contribution < 1.29 is 22.3 Å². The number of rotatable bonds is 6. The van der Waals surface area contributed by atoms with Gasteiger partial charge in [0.1, 0.15) is 5.82 Å². The van der Waals surface area contributed by atoms with Crippen molar-refractivity contribution in [3.05, 3.63) is 35.1 Å². The molecule has 1 aromatic carbocycles. The monoisotopic (exact) mass is 407 g/mol. The number of benzene rings is 1. The predicted octanol–water partition coefficient (Wildman–Crippen LogP) is 3.81. The van der Waals surface area contributed by atoms with E-state index in [1.54, 1.807) is 7.05 Å². The standard InChI is InChI=1S/C18H25F4N3OS/c1-3-27-17(6-8-26-9-7-17)12-25-16(23-2)24-11-13-4-5-14(19)10-15(13)18(20,21)22/h4-5,10H,3,6-9,11-12H2,1-2H3,(H2,23,24,25). The van der Waals surface area contributed by atoms with Crippen molar-refractivity contribution in [1.82, 2.24) is 10.6 Å². The van der Waals surface area contributed by atoms with E-state index in [1.165, 1.54) is 0 Å². The van der Waals surface area contributed by atoms with E-state index in [4.69, 9.17) is 4.74 Å². The molecule has 0 atom stereocenters. The van der Waals surface area contributed by atoms with Crippen LogP contribution in [0.2, 0.25) is 0 Å². The second-order valence-corrected chi connectivity index (χ2v) is 8.04. The van der Waals surface area contributed by atoms with Crippen LogP contribution in [0.4, 0.5) is 17.6 Å².